The van der Waals surface area contributed by atoms with Gasteiger partial charge in [-0.25, -0.2) is 0 Å². The van der Waals surface area contributed by atoms with E-state index in [1.54, 1.807) is 36.4 Å². The van der Waals surface area contributed by atoms with Gasteiger partial charge in [0, 0.05) is 22.3 Å². The van der Waals surface area contributed by atoms with Gasteiger partial charge in [-0.1, -0.05) is 54.1 Å². The van der Waals surface area contributed by atoms with Crippen LogP contribution in [-0.4, -0.2) is 17.3 Å². The van der Waals surface area contributed by atoms with E-state index < -0.39 is 5.78 Å². The summed E-state index contributed by atoms with van der Waals surface area (Å²) in [5.74, 6) is -1.03. The van der Waals surface area contributed by atoms with Crippen LogP contribution in [-0.2, 0) is 0 Å². The smallest absolute Gasteiger partial charge is 0.198 e. The average Bonchev–Trinajstić information content (AvgIpc) is 2.53. The molecule has 3 heteroatoms. The Balaban J connectivity index is 2.12. The van der Waals surface area contributed by atoms with Gasteiger partial charge in [-0.2, -0.15) is 0 Å². The first-order valence-electron chi connectivity index (χ1n) is 7.01. The van der Waals surface area contributed by atoms with Crippen molar-refractivity contribution >= 4 is 17.3 Å². The summed E-state index contributed by atoms with van der Waals surface area (Å²) in [5, 5.41) is 0. The monoisotopic (exact) mass is 290 g/mol. The Bertz CT molecular complexity index is 839. The van der Waals surface area contributed by atoms with E-state index in [0.29, 0.717) is 16.7 Å². The molecule has 0 saturated carbocycles. The molecule has 0 atom stereocenters. The lowest BCUT2D eigenvalue weighted by molar-refractivity contribution is 0.0927. The number of hydrogen-bond donors (Lipinski definition) is 0. The van der Waals surface area contributed by atoms with Gasteiger partial charge in [0.2, 0.25) is 0 Å². The van der Waals surface area contributed by atoms with Crippen molar-refractivity contribution in [3.63, 3.8) is 0 Å². The Hall–Kier alpha value is -2.81. The van der Waals surface area contributed by atoms with E-state index in [-0.39, 0.29) is 22.7 Å². The summed E-state index contributed by atoms with van der Waals surface area (Å²) in [6, 6.07) is 13.6. The summed E-state index contributed by atoms with van der Waals surface area (Å²) in [6.45, 7) is 3.46. The Morgan fingerprint density at radius 1 is 0.773 bits per heavy atom. The molecule has 0 unspecified atom stereocenters. The van der Waals surface area contributed by atoms with E-state index in [4.69, 9.17) is 0 Å². The topological polar surface area (TPSA) is 51.2 Å². The summed E-state index contributed by atoms with van der Waals surface area (Å²) >= 11 is 0. The maximum Gasteiger partial charge on any atom is 0.198 e. The number of Topliss-reactive ketones (excluding diaryl/α,β-unsaturated/α-hetero) is 3. The average molecular weight is 290 g/mol. The highest BCUT2D eigenvalue weighted by Crippen LogP contribution is 2.28. The fraction of sp³-hybridized carbons (Fsp3) is 0.105. The highest BCUT2D eigenvalue weighted by atomic mass is 16.2. The van der Waals surface area contributed by atoms with Gasteiger partial charge in [0.25, 0.3) is 0 Å². The largest absolute Gasteiger partial charge is 0.289 e. The summed E-state index contributed by atoms with van der Waals surface area (Å²) in [4.78, 5) is 37.7. The molecular weight excluding hydrogens is 276 g/mol. The zero-order valence-corrected chi connectivity index (χ0v) is 12.3. The standard InChI is InChI=1S/C19H14O3/c1-11-7-9-13(10-8-11)18(21)16-12(2)17(20)14-5-3-4-6-15(14)19(16)22/h3-10H,1-2H3. The number of rotatable bonds is 2. The molecule has 0 saturated heterocycles. The highest BCUT2D eigenvalue weighted by Gasteiger charge is 2.33. The summed E-state index contributed by atoms with van der Waals surface area (Å²) < 4.78 is 0. The third kappa shape index (κ3) is 2.11. The van der Waals surface area contributed by atoms with Gasteiger partial charge in [0.15, 0.2) is 17.3 Å². The van der Waals surface area contributed by atoms with Crippen LogP contribution in [0.3, 0.4) is 0 Å². The molecule has 3 rings (SSSR count). The Morgan fingerprint density at radius 3 is 1.91 bits per heavy atom. The van der Waals surface area contributed by atoms with Gasteiger partial charge in [-0.3, -0.25) is 14.4 Å². The molecule has 1 aliphatic rings. The summed E-state index contributed by atoms with van der Waals surface area (Å²) in [6.07, 6.45) is 0. The minimum absolute atomic E-state index is 0.0208. The quantitative estimate of drug-likeness (QED) is 0.627. The zero-order chi connectivity index (χ0) is 15.9. The second-order valence-corrected chi connectivity index (χ2v) is 5.40. The van der Waals surface area contributed by atoms with E-state index in [1.165, 1.54) is 6.92 Å². The van der Waals surface area contributed by atoms with Crippen molar-refractivity contribution in [3.05, 3.63) is 81.9 Å². The van der Waals surface area contributed by atoms with Crippen LogP contribution < -0.4 is 0 Å². The lowest BCUT2D eigenvalue weighted by Gasteiger charge is -2.18. The molecule has 22 heavy (non-hydrogen) atoms. The molecule has 108 valence electrons. The van der Waals surface area contributed by atoms with Crippen molar-refractivity contribution < 1.29 is 14.4 Å². The van der Waals surface area contributed by atoms with Crippen LogP contribution >= 0.6 is 0 Å². The van der Waals surface area contributed by atoms with Crippen LogP contribution in [0.2, 0.25) is 0 Å². The molecule has 1 aliphatic carbocycles. The molecule has 0 aromatic heterocycles. The van der Waals surface area contributed by atoms with E-state index in [1.807, 2.05) is 19.1 Å². The first kappa shape index (κ1) is 14.1. The van der Waals surface area contributed by atoms with Crippen LogP contribution in [0.4, 0.5) is 0 Å². The van der Waals surface area contributed by atoms with Gasteiger partial charge in [-0.05, 0) is 13.8 Å². The third-order valence-corrected chi connectivity index (χ3v) is 3.90. The first-order valence-corrected chi connectivity index (χ1v) is 7.01. The van der Waals surface area contributed by atoms with Crippen molar-refractivity contribution in [1.29, 1.82) is 0 Å². The second-order valence-electron chi connectivity index (χ2n) is 5.40. The van der Waals surface area contributed by atoms with Gasteiger partial charge in [-0.15, -0.1) is 0 Å². The molecule has 3 nitrogen and oxygen atoms in total. The first-order chi connectivity index (χ1) is 10.5. The van der Waals surface area contributed by atoms with Gasteiger partial charge in [0.05, 0.1) is 5.57 Å². The number of carbonyl (C=O) groups excluding carboxylic acids is 3. The van der Waals surface area contributed by atoms with E-state index in [9.17, 15) is 14.4 Å². The number of fused-ring (bicyclic) bond motifs is 1. The molecule has 0 N–H and O–H groups in total. The fourth-order valence-corrected chi connectivity index (χ4v) is 2.62. The molecule has 2 aromatic rings. The van der Waals surface area contributed by atoms with E-state index in [0.717, 1.165) is 5.56 Å². The number of carbonyl (C=O) groups is 3. The van der Waals surface area contributed by atoms with E-state index in [2.05, 4.69) is 0 Å². The maximum absolute atomic E-state index is 12.7. The molecule has 0 spiro atoms. The number of aryl methyl sites for hydroxylation is 1. The van der Waals surface area contributed by atoms with Crippen LogP contribution in [0.25, 0.3) is 0 Å². The van der Waals surface area contributed by atoms with Crippen LogP contribution in [0.5, 0.6) is 0 Å². The molecule has 0 bridgehead atoms. The fourth-order valence-electron chi connectivity index (χ4n) is 2.62. The Labute approximate surface area is 128 Å². The number of allylic oxidation sites excluding steroid dienone is 2. The normalized spacial score (nSPS) is 14.1. The molecule has 0 aliphatic heterocycles. The lowest BCUT2D eigenvalue weighted by atomic mass is 9.81. The van der Waals surface area contributed by atoms with Crippen LogP contribution in [0, 0.1) is 6.92 Å². The molecule has 0 radical (unpaired) electrons. The van der Waals surface area contributed by atoms with Crippen LogP contribution in [0.15, 0.2) is 59.7 Å². The number of hydrogen-bond acceptors (Lipinski definition) is 3. The van der Waals surface area contributed by atoms with Crippen molar-refractivity contribution in [2.75, 3.05) is 0 Å². The maximum atomic E-state index is 12.7. The summed E-state index contributed by atoms with van der Waals surface area (Å²) in [5.41, 5.74) is 2.31. The van der Waals surface area contributed by atoms with Crippen molar-refractivity contribution in [2.45, 2.75) is 13.8 Å². The Kier molecular flexibility index (Phi) is 3.33. The highest BCUT2D eigenvalue weighted by molar-refractivity contribution is 6.39. The van der Waals surface area contributed by atoms with Gasteiger partial charge < -0.3 is 0 Å². The Morgan fingerprint density at radius 2 is 1.32 bits per heavy atom. The minimum Gasteiger partial charge on any atom is -0.289 e. The molecular formula is C19H14O3. The number of benzene rings is 2. The summed E-state index contributed by atoms with van der Waals surface area (Å²) in [7, 11) is 0. The zero-order valence-electron chi connectivity index (χ0n) is 12.3. The van der Waals surface area contributed by atoms with Crippen LogP contribution in [0.1, 0.15) is 43.6 Å². The van der Waals surface area contributed by atoms with E-state index >= 15 is 0 Å². The minimum atomic E-state index is -0.398. The predicted molar refractivity (Wildman–Crippen MR) is 83.3 cm³/mol. The lowest BCUT2D eigenvalue weighted by Crippen LogP contribution is -2.25. The molecule has 0 amide bonds. The van der Waals surface area contributed by atoms with Crippen molar-refractivity contribution in [3.8, 4) is 0 Å². The predicted octanol–water partition coefficient (Wildman–Crippen LogP) is 3.57. The third-order valence-electron chi connectivity index (χ3n) is 3.90. The van der Waals surface area contributed by atoms with Crippen molar-refractivity contribution in [2.24, 2.45) is 0 Å². The SMILES string of the molecule is CC1=C(C(=O)c2ccc(C)cc2)C(=O)c2ccccc2C1=O. The van der Waals surface area contributed by atoms with Gasteiger partial charge >= 0.3 is 0 Å². The number of ketones is 3. The van der Waals surface area contributed by atoms with Gasteiger partial charge in [0.1, 0.15) is 0 Å². The second kappa shape index (κ2) is 5.19. The molecule has 2 aromatic carbocycles. The molecule has 0 heterocycles. The van der Waals surface area contributed by atoms with Crippen molar-refractivity contribution in [1.82, 2.24) is 0 Å². The molecule has 0 fully saturated rings.